The molecule has 7 heteroatoms. The van der Waals surface area contributed by atoms with Crippen LogP contribution in [0, 0.1) is 20.8 Å². The van der Waals surface area contributed by atoms with Gasteiger partial charge in [-0.2, -0.15) is 0 Å². The van der Waals surface area contributed by atoms with Gasteiger partial charge in [0.2, 0.25) is 0 Å². The van der Waals surface area contributed by atoms with E-state index in [4.69, 9.17) is 5.14 Å². The summed E-state index contributed by atoms with van der Waals surface area (Å²) < 4.78 is 26.1. The number of nitrogens with zero attached hydrogens (tertiary/aromatic N) is 2. The molecule has 2 aromatic heterocycles. The second-order valence-electron chi connectivity index (χ2n) is 4.31. The zero-order valence-corrected chi connectivity index (χ0v) is 16.8. The first-order valence-corrected chi connectivity index (χ1v) is 9.62. The Bertz CT molecular complexity index is 719. The van der Waals surface area contributed by atoms with Gasteiger partial charge < -0.3 is 0 Å². The molecule has 2 aromatic rings. The number of fused-ring (bicyclic) bond motifs is 1. The maximum absolute atomic E-state index is 11.6. The topological polar surface area (TPSA) is 77.5 Å². The second kappa shape index (κ2) is 3.96. The van der Waals surface area contributed by atoms with Crippen LogP contribution in [0.1, 0.15) is 16.7 Å². The maximum atomic E-state index is 11.6. The normalized spacial score (nSPS) is 12.5. The van der Waals surface area contributed by atoms with Crippen LogP contribution in [0.2, 0.25) is 0 Å². The Morgan fingerprint density at radius 3 is 2.41 bits per heavy atom. The van der Waals surface area contributed by atoms with Crippen LogP contribution in [0.4, 0.5) is 0 Å². The van der Waals surface area contributed by atoms with Gasteiger partial charge >= 0.3 is 113 Å². The van der Waals surface area contributed by atoms with Crippen molar-refractivity contribution in [3.8, 4) is 0 Å². The van der Waals surface area contributed by atoms with E-state index >= 15 is 0 Å². The Morgan fingerprint density at radius 1 is 1.29 bits per heavy atom. The molecule has 2 heterocycles. The fraction of sp³-hybridized carbons (Fsp3) is 0.300. The predicted molar refractivity (Wildman–Crippen MR) is 70.3 cm³/mol. The van der Waals surface area contributed by atoms with Crippen molar-refractivity contribution in [2.45, 2.75) is 25.7 Å². The van der Waals surface area contributed by atoms with Gasteiger partial charge in [0.25, 0.3) is 0 Å². The van der Waals surface area contributed by atoms with E-state index in [1.54, 1.807) is 24.6 Å². The Kier molecular flexibility index (Phi) is 2.99. The van der Waals surface area contributed by atoms with Gasteiger partial charge in [-0.1, -0.05) is 0 Å². The average molecular weight is 360 g/mol. The molecule has 0 aliphatic heterocycles. The van der Waals surface area contributed by atoms with Crippen LogP contribution in [-0.4, -0.2) is 40.6 Å². The van der Waals surface area contributed by atoms with Gasteiger partial charge in [-0.05, 0) is 0 Å². The molecule has 0 spiro atoms. The molecular weight excluding hydrogens is 345 g/mol. The summed E-state index contributed by atoms with van der Waals surface area (Å²) in [5.74, 6) is 0. The van der Waals surface area contributed by atoms with Crippen LogP contribution >= 0.6 is 0 Å². The fourth-order valence-corrected chi connectivity index (χ4v) is 4.58. The molecule has 2 rings (SSSR count). The quantitative estimate of drug-likeness (QED) is 0.656. The Balaban J connectivity index is 3.03. The molecule has 0 saturated heterocycles. The van der Waals surface area contributed by atoms with Crippen molar-refractivity contribution in [2.24, 2.45) is 5.14 Å². The van der Waals surface area contributed by atoms with Crippen molar-refractivity contribution in [1.82, 2.24) is 9.61 Å². The Labute approximate surface area is 113 Å². The third kappa shape index (κ3) is 1.98. The van der Waals surface area contributed by atoms with E-state index in [1.807, 2.05) is 6.92 Å². The first kappa shape index (κ1) is 12.8. The van der Waals surface area contributed by atoms with Gasteiger partial charge in [-0.25, -0.2) is 0 Å². The zero-order chi connectivity index (χ0) is 13.0. The summed E-state index contributed by atoms with van der Waals surface area (Å²) in [6, 6.07) is 0. The number of nitrogens with two attached hydrogens (primary N) is 1. The van der Waals surface area contributed by atoms with E-state index < -0.39 is 10.0 Å². The van der Waals surface area contributed by atoms with E-state index in [0.29, 0.717) is 33.7 Å². The fourth-order valence-electron chi connectivity index (χ4n) is 2.26. The molecule has 5 nitrogen and oxygen atoms in total. The molecule has 0 atom stereocenters. The zero-order valence-electron chi connectivity index (χ0n) is 10.3. The first-order chi connectivity index (χ1) is 7.73. The molecule has 0 aliphatic rings. The van der Waals surface area contributed by atoms with Crippen molar-refractivity contribution < 1.29 is 8.42 Å². The van der Waals surface area contributed by atoms with E-state index in [1.165, 1.54) is 0 Å². The number of aryl methyl sites for hydroxylation is 3. The van der Waals surface area contributed by atoms with Crippen LogP contribution in [0.15, 0.2) is 11.1 Å². The third-order valence-corrected chi connectivity index (χ3v) is 6.95. The molecule has 0 saturated carbocycles. The molecular formula is C10H15N3O2SSn. The van der Waals surface area contributed by atoms with E-state index in [9.17, 15) is 8.42 Å². The minimum absolute atomic E-state index is 0.225. The Morgan fingerprint density at radius 2 is 1.88 bits per heavy atom. The molecule has 0 aromatic carbocycles. The first-order valence-electron chi connectivity index (χ1n) is 5.22. The van der Waals surface area contributed by atoms with E-state index in [-0.39, 0.29) is 4.90 Å². The number of hydrogen-bond donors (Lipinski definition) is 1. The van der Waals surface area contributed by atoms with Crippen molar-refractivity contribution >= 4 is 41.8 Å². The van der Waals surface area contributed by atoms with Crippen molar-refractivity contribution in [1.29, 1.82) is 0 Å². The van der Waals surface area contributed by atoms with Crippen LogP contribution in [0.25, 0.3) is 5.52 Å². The number of rotatable bonds is 1. The molecule has 0 radical (unpaired) electrons. The molecule has 0 unspecified atom stereocenters. The summed E-state index contributed by atoms with van der Waals surface area (Å²) in [6.45, 7) is 5.50. The number of hydrogen-bond acceptors (Lipinski definition) is 3. The number of primary sulfonamides is 1. The minimum atomic E-state index is -3.69. The average Bonchev–Trinajstić information content (AvgIpc) is 2.39. The van der Waals surface area contributed by atoms with Crippen LogP contribution in [-0.2, 0) is 10.0 Å². The summed E-state index contributed by atoms with van der Waals surface area (Å²) in [4.78, 5) is 0.225. The number of sulfonamides is 1. The molecule has 0 fully saturated rings. The predicted octanol–water partition coefficient (Wildman–Crippen LogP) is -1.10. The molecule has 0 bridgehead atoms. The molecule has 92 valence electrons. The second-order valence-corrected chi connectivity index (χ2v) is 8.52. The molecule has 0 amide bonds. The van der Waals surface area contributed by atoms with Gasteiger partial charge in [0.15, 0.2) is 0 Å². The van der Waals surface area contributed by atoms with Crippen molar-refractivity contribution in [3.05, 3.63) is 22.9 Å². The van der Waals surface area contributed by atoms with E-state index in [2.05, 4.69) is 5.10 Å². The van der Waals surface area contributed by atoms with Gasteiger partial charge in [-0.15, -0.1) is 0 Å². The molecule has 0 aliphatic carbocycles. The monoisotopic (exact) mass is 361 g/mol. The summed E-state index contributed by atoms with van der Waals surface area (Å²) in [5, 5.41) is 9.69. The summed E-state index contributed by atoms with van der Waals surface area (Å²) in [5.41, 5.74) is 3.27. The third-order valence-electron chi connectivity index (χ3n) is 3.04. The summed E-state index contributed by atoms with van der Waals surface area (Å²) in [7, 11) is -3.69. The van der Waals surface area contributed by atoms with Crippen LogP contribution in [0.5, 0.6) is 0 Å². The standard InChI is InChI=1S/C10H12N3O2S.Sn.3H/c1-6-4-12-13-5-7(2)10(16(11,14)15)8(3)9(6)13;;;;/h5H,1-3H3,(H2,11,14,15);;;;. The summed E-state index contributed by atoms with van der Waals surface area (Å²) >= 11 is 0.292. The Hall–Kier alpha value is -0.601. The van der Waals surface area contributed by atoms with Crippen LogP contribution < -0.4 is 8.85 Å². The summed E-state index contributed by atoms with van der Waals surface area (Å²) in [6.07, 6.45) is 1.73. The molecule has 2 N–H and O–H groups in total. The van der Waals surface area contributed by atoms with Crippen molar-refractivity contribution in [2.75, 3.05) is 0 Å². The van der Waals surface area contributed by atoms with Gasteiger partial charge in [0.1, 0.15) is 0 Å². The van der Waals surface area contributed by atoms with Gasteiger partial charge in [0.05, 0.1) is 0 Å². The molecule has 17 heavy (non-hydrogen) atoms. The number of aromatic nitrogens is 2. The van der Waals surface area contributed by atoms with E-state index in [0.717, 1.165) is 14.8 Å². The van der Waals surface area contributed by atoms with Crippen molar-refractivity contribution in [3.63, 3.8) is 0 Å². The SMILES string of the molecule is Cc1cn2n[c]([SnH3])c(C)c2c(C)c1S(N)(=O)=O. The van der Waals surface area contributed by atoms with Crippen LogP contribution in [0.3, 0.4) is 0 Å². The van der Waals surface area contributed by atoms with Gasteiger partial charge in [-0.3, -0.25) is 0 Å². The number of pyridine rings is 1. The van der Waals surface area contributed by atoms with Gasteiger partial charge in [0, 0.05) is 0 Å².